The van der Waals surface area contributed by atoms with E-state index in [0.717, 1.165) is 57.1 Å². The topological polar surface area (TPSA) is 58.1 Å². The van der Waals surface area contributed by atoms with Gasteiger partial charge in [0, 0.05) is 38.8 Å². The summed E-state index contributed by atoms with van der Waals surface area (Å²) in [6, 6.07) is 0.842. The van der Waals surface area contributed by atoms with Crippen LogP contribution in [0.5, 0.6) is 0 Å². The first kappa shape index (κ1) is 24.9. The number of aliphatic imine (C=N–C) groups is 1. The number of rotatable bonds is 16. The van der Waals surface area contributed by atoms with Gasteiger partial charge < -0.3 is 20.1 Å². The van der Waals surface area contributed by atoms with Crippen molar-refractivity contribution in [3.8, 4) is 0 Å². The van der Waals surface area contributed by atoms with E-state index in [1.165, 1.54) is 38.6 Å². The SMILES string of the molecule is CCCCOCCOCCNC(=NCCN(CC1CC1)C1CC1)NCC.I. The molecule has 2 fully saturated rings. The number of nitrogens with zero attached hydrogens (tertiary/aromatic N) is 2. The molecule has 0 spiro atoms. The standard InChI is InChI=1S/C20H40N4O2.HI/c1-3-5-13-25-15-16-26-14-11-23-20(21-4-2)22-10-12-24(19-8-9-19)17-18-6-7-18;/h18-19H,3-17H2,1-2H3,(H2,21,22,23);1H. The van der Waals surface area contributed by atoms with Crippen molar-refractivity contribution in [1.29, 1.82) is 0 Å². The van der Waals surface area contributed by atoms with Crippen LogP contribution in [0, 0.1) is 5.92 Å². The van der Waals surface area contributed by atoms with Gasteiger partial charge in [-0.1, -0.05) is 13.3 Å². The van der Waals surface area contributed by atoms with Gasteiger partial charge in [-0.15, -0.1) is 24.0 Å². The minimum absolute atomic E-state index is 0. The molecule has 2 saturated carbocycles. The van der Waals surface area contributed by atoms with Gasteiger partial charge in [-0.25, -0.2) is 0 Å². The lowest BCUT2D eigenvalue weighted by molar-refractivity contribution is 0.0487. The molecule has 0 saturated heterocycles. The molecule has 2 rings (SSSR count). The summed E-state index contributed by atoms with van der Waals surface area (Å²) >= 11 is 0. The van der Waals surface area contributed by atoms with Crippen LogP contribution in [0.1, 0.15) is 52.4 Å². The van der Waals surface area contributed by atoms with Crippen LogP contribution >= 0.6 is 24.0 Å². The second kappa shape index (κ2) is 15.8. The fraction of sp³-hybridized carbons (Fsp3) is 0.950. The first-order chi connectivity index (χ1) is 12.8. The molecule has 7 heteroatoms. The van der Waals surface area contributed by atoms with Gasteiger partial charge in [0.15, 0.2) is 5.96 Å². The lowest BCUT2D eigenvalue weighted by Gasteiger charge is -2.21. The predicted octanol–water partition coefficient (Wildman–Crippen LogP) is 2.87. The Morgan fingerprint density at radius 1 is 1.00 bits per heavy atom. The molecule has 0 aromatic heterocycles. The van der Waals surface area contributed by atoms with Crippen LogP contribution in [0.2, 0.25) is 0 Å². The Kier molecular flexibility index (Phi) is 14.5. The minimum atomic E-state index is 0. The fourth-order valence-corrected chi connectivity index (χ4v) is 2.94. The molecule has 2 N–H and O–H groups in total. The highest BCUT2D eigenvalue weighted by atomic mass is 127. The highest BCUT2D eigenvalue weighted by Gasteiger charge is 2.33. The van der Waals surface area contributed by atoms with E-state index in [2.05, 4.69) is 29.4 Å². The average molecular weight is 496 g/mol. The lowest BCUT2D eigenvalue weighted by Crippen LogP contribution is -2.40. The van der Waals surface area contributed by atoms with Crippen LogP contribution in [-0.4, -0.2) is 76.1 Å². The van der Waals surface area contributed by atoms with E-state index >= 15 is 0 Å². The Hall–Kier alpha value is -0.120. The van der Waals surface area contributed by atoms with E-state index in [1.54, 1.807) is 0 Å². The van der Waals surface area contributed by atoms with E-state index in [4.69, 9.17) is 14.5 Å². The molecule has 6 nitrogen and oxygen atoms in total. The zero-order valence-electron chi connectivity index (χ0n) is 17.4. The molecule has 0 amide bonds. The molecular formula is C20H41IN4O2. The van der Waals surface area contributed by atoms with Gasteiger partial charge in [0.1, 0.15) is 0 Å². The van der Waals surface area contributed by atoms with Crippen molar-refractivity contribution in [3.05, 3.63) is 0 Å². The van der Waals surface area contributed by atoms with Crippen molar-refractivity contribution in [2.45, 2.75) is 58.4 Å². The van der Waals surface area contributed by atoms with Gasteiger partial charge in [0.2, 0.25) is 0 Å². The third kappa shape index (κ3) is 12.9. The normalized spacial score (nSPS) is 17.1. The predicted molar refractivity (Wildman–Crippen MR) is 123 cm³/mol. The Balaban J connectivity index is 0.00000364. The molecule has 0 bridgehead atoms. The quantitative estimate of drug-likeness (QED) is 0.149. The number of unbranched alkanes of at least 4 members (excludes halogenated alkanes) is 1. The van der Waals surface area contributed by atoms with Gasteiger partial charge in [-0.3, -0.25) is 9.89 Å². The largest absolute Gasteiger partial charge is 0.379 e. The smallest absolute Gasteiger partial charge is 0.191 e. The van der Waals surface area contributed by atoms with E-state index in [9.17, 15) is 0 Å². The summed E-state index contributed by atoms with van der Waals surface area (Å²) in [4.78, 5) is 7.39. The Morgan fingerprint density at radius 3 is 2.37 bits per heavy atom. The Morgan fingerprint density at radius 2 is 1.74 bits per heavy atom. The fourth-order valence-electron chi connectivity index (χ4n) is 2.94. The van der Waals surface area contributed by atoms with Crippen molar-refractivity contribution in [3.63, 3.8) is 0 Å². The molecule has 0 heterocycles. The van der Waals surface area contributed by atoms with E-state index in [0.29, 0.717) is 19.8 Å². The molecule has 0 unspecified atom stereocenters. The molecule has 0 radical (unpaired) electrons. The molecule has 0 aliphatic heterocycles. The number of hydrogen-bond acceptors (Lipinski definition) is 4. The van der Waals surface area contributed by atoms with Gasteiger partial charge in [-0.05, 0) is 44.9 Å². The molecule has 2 aliphatic carbocycles. The highest BCUT2D eigenvalue weighted by molar-refractivity contribution is 14.0. The van der Waals surface area contributed by atoms with Crippen molar-refractivity contribution in [2.24, 2.45) is 10.9 Å². The molecule has 27 heavy (non-hydrogen) atoms. The summed E-state index contributed by atoms with van der Waals surface area (Å²) in [6.07, 6.45) is 7.93. The van der Waals surface area contributed by atoms with Crippen molar-refractivity contribution < 1.29 is 9.47 Å². The van der Waals surface area contributed by atoms with Crippen molar-refractivity contribution >= 4 is 29.9 Å². The first-order valence-electron chi connectivity index (χ1n) is 10.7. The number of halogens is 1. The van der Waals surface area contributed by atoms with Gasteiger partial charge in [0.25, 0.3) is 0 Å². The first-order valence-corrected chi connectivity index (χ1v) is 10.7. The number of hydrogen-bond donors (Lipinski definition) is 2. The zero-order chi connectivity index (χ0) is 18.5. The zero-order valence-corrected chi connectivity index (χ0v) is 19.7. The van der Waals surface area contributed by atoms with Crippen LogP contribution in [0.25, 0.3) is 0 Å². The maximum absolute atomic E-state index is 5.60. The molecule has 0 aromatic rings. The number of guanidine groups is 1. The van der Waals surface area contributed by atoms with Crippen LogP contribution in [0.4, 0.5) is 0 Å². The summed E-state index contributed by atoms with van der Waals surface area (Å²) in [7, 11) is 0. The van der Waals surface area contributed by atoms with Crippen LogP contribution < -0.4 is 10.6 Å². The van der Waals surface area contributed by atoms with E-state index in [-0.39, 0.29) is 24.0 Å². The maximum atomic E-state index is 5.60. The molecule has 0 atom stereocenters. The summed E-state index contributed by atoms with van der Waals surface area (Å²) < 4.78 is 11.1. The number of nitrogens with one attached hydrogen (secondary N) is 2. The van der Waals surface area contributed by atoms with Gasteiger partial charge in [0.05, 0.1) is 26.4 Å². The van der Waals surface area contributed by atoms with Gasteiger partial charge >= 0.3 is 0 Å². The third-order valence-corrected chi connectivity index (χ3v) is 4.81. The van der Waals surface area contributed by atoms with E-state index in [1.807, 2.05) is 0 Å². The molecule has 0 aromatic carbocycles. The molecular weight excluding hydrogens is 455 g/mol. The minimum Gasteiger partial charge on any atom is -0.379 e. The molecule has 2 aliphatic rings. The van der Waals surface area contributed by atoms with Crippen LogP contribution in [0.3, 0.4) is 0 Å². The lowest BCUT2D eigenvalue weighted by atomic mass is 10.3. The second-order valence-electron chi connectivity index (χ2n) is 7.44. The summed E-state index contributed by atoms with van der Waals surface area (Å²) in [5, 5.41) is 6.68. The maximum Gasteiger partial charge on any atom is 0.191 e. The third-order valence-electron chi connectivity index (χ3n) is 4.81. The Bertz CT molecular complexity index is 390. The van der Waals surface area contributed by atoms with Crippen LogP contribution in [-0.2, 0) is 9.47 Å². The Labute approximate surface area is 183 Å². The highest BCUT2D eigenvalue weighted by Crippen LogP contribution is 2.34. The summed E-state index contributed by atoms with van der Waals surface area (Å²) in [5.41, 5.74) is 0. The number of ether oxygens (including phenoxy) is 2. The summed E-state index contributed by atoms with van der Waals surface area (Å²) in [5.74, 6) is 1.87. The van der Waals surface area contributed by atoms with Gasteiger partial charge in [-0.2, -0.15) is 0 Å². The van der Waals surface area contributed by atoms with Crippen molar-refractivity contribution in [1.82, 2.24) is 15.5 Å². The van der Waals surface area contributed by atoms with Crippen molar-refractivity contribution in [2.75, 3.05) is 59.2 Å². The van der Waals surface area contributed by atoms with E-state index < -0.39 is 0 Å². The average Bonchev–Trinajstić information content (AvgIpc) is 3.53. The van der Waals surface area contributed by atoms with Crippen LogP contribution in [0.15, 0.2) is 4.99 Å². The summed E-state index contributed by atoms with van der Waals surface area (Å²) in [6.45, 7) is 12.0. The molecule has 160 valence electrons. The second-order valence-corrected chi connectivity index (χ2v) is 7.44. The monoisotopic (exact) mass is 496 g/mol.